The molecule has 0 aliphatic carbocycles. The van der Waals surface area contributed by atoms with Gasteiger partial charge in [-0.3, -0.25) is 0 Å². The second kappa shape index (κ2) is 12.9. The van der Waals surface area contributed by atoms with Crippen LogP contribution in [0.5, 0.6) is 0 Å². The molecule has 0 aliphatic heterocycles. The fourth-order valence-corrected chi connectivity index (χ4v) is 11.5. The lowest BCUT2D eigenvalue weighted by Crippen LogP contribution is -1.94. The van der Waals surface area contributed by atoms with Crippen molar-refractivity contribution >= 4 is 84.8 Å². The van der Waals surface area contributed by atoms with Crippen LogP contribution in [0.2, 0.25) is 0 Å². The van der Waals surface area contributed by atoms with Gasteiger partial charge in [0.1, 0.15) is 0 Å². The summed E-state index contributed by atoms with van der Waals surface area (Å²) in [6.07, 6.45) is 0. The lowest BCUT2D eigenvalue weighted by molar-refractivity contribution is 1.20. The van der Waals surface area contributed by atoms with Gasteiger partial charge >= 0.3 is 0 Å². The maximum absolute atomic E-state index is 2.51. The van der Waals surface area contributed by atoms with Gasteiger partial charge in [-0.15, -0.1) is 22.7 Å². The molecule has 266 valence electrons. The Hall–Kier alpha value is -6.78. The summed E-state index contributed by atoms with van der Waals surface area (Å²) in [6.45, 7) is 0. The minimum atomic E-state index is 1.21. The van der Waals surface area contributed by atoms with Crippen LogP contribution in [0.1, 0.15) is 0 Å². The van der Waals surface area contributed by atoms with Gasteiger partial charge in [-0.1, -0.05) is 152 Å². The van der Waals surface area contributed by atoms with Crippen molar-refractivity contribution < 1.29 is 0 Å². The minimum Gasteiger partial charge on any atom is -0.308 e. The molecule has 0 N–H and O–H groups in total. The number of benzene rings is 9. The Kier molecular flexibility index (Phi) is 7.34. The number of aromatic nitrogens is 1. The van der Waals surface area contributed by atoms with Crippen LogP contribution in [-0.2, 0) is 0 Å². The predicted molar refractivity (Wildman–Crippen MR) is 248 cm³/mol. The van der Waals surface area contributed by atoms with Crippen LogP contribution in [0.3, 0.4) is 0 Å². The van der Waals surface area contributed by atoms with E-state index >= 15 is 0 Å². The molecular formula is C54H33NS2. The molecule has 0 saturated carbocycles. The highest BCUT2D eigenvalue weighted by Crippen LogP contribution is 2.48. The lowest BCUT2D eigenvalue weighted by Gasteiger charge is -2.10. The molecule has 1 nitrogen and oxygen atoms in total. The van der Waals surface area contributed by atoms with Crippen LogP contribution in [0.4, 0.5) is 0 Å². The van der Waals surface area contributed by atoms with Crippen LogP contribution >= 0.6 is 22.7 Å². The number of fused-ring (bicyclic) bond motifs is 9. The molecule has 9 aromatic carbocycles. The quantitative estimate of drug-likeness (QED) is 0.165. The molecule has 0 saturated heterocycles. The van der Waals surface area contributed by atoms with Crippen molar-refractivity contribution in [1.82, 2.24) is 4.57 Å². The van der Waals surface area contributed by atoms with Crippen molar-refractivity contribution in [3.63, 3.8) is 0 Å². The van der Waals surface area contributed by atoms with Crippen LogP contribution in [0.25, 0.3) is 112 Å². The summed E-state index contributed by atoms with van der Waals surface area (Å²) in [7, 11) is 0. The molecule has 0 bridgehead atoms. The molecule has 0 atom stereocenters. The number of nitrogens with zero attached hydrogens (tertiary/aromatic N) is 1. The highest BCUT2D eigenvalue weighted by Gasteiger charge is 2.21. The van der Waals surface area contributed by atoms with E-state index in [9.17, 15) is 0 Å². The van der Waals surface area contributed by atoms with Gasteiger partial charge in [0.2, 0.25) is 0 Å². The van der Waals surface area contributed by atoms with Crippen LogP contribution in [-0.4, -0.2) is 4.57 Å². The van der Waals surface area contributed by atoms with Gasteiger partial charge < -0.3 is 4.57 Å². The standard InChI is InChI=1S/C54H33NS2/c1-4-14-34(15-5-1)37-26-28-48-45(30-37)46-31-38(35-16-6-2-7-17-35)27-29-49(46)55(48)50-24-13-23-43-47-33-39(32-44(53(47)57-54(43)50)36-18-8-3-9-19-36)40-21-12-22-42-41-20-10-11-25-51(41)56-52(40)42/h1-33H. The van der Waals surface area contributed by atoms with Crippen molar-refractivity contribution in [2.45, 2.75) is 0 Å². The molecule has 0 unspecified atom stereocenters. The Bertz CT molecular complexity index is 3400. The third kappa shape index (κ3) is 5.13. The molecule has 12 rings (SSSR count). The smallest absolute Gasteiger partial charge is 0.0640 e. The van der Waals surface area contributed by atoms with E-state index in [-0.39, 0.29) is 0 Å². The van der Waals surface area contributed by atoms with E-state index in [4.69, 9.17) is 0 Å². The Morgan fingerprint density at radius 1 is 0.281 bits per heavy atom. The average molecular weight is 760 g/mol. The summed E-state index contributed by atoms with van der Waals surface area (Å²) in [4.78, 5) is 0. The minimum absolute atomic E-state index is 1.21. The second-order valence-corrected chi connectivity index (χ2v) is 16.9. The zero-order valence-corrected chi connectivity index (χ0v) is 32.4. The number of rotatable bonds is 5. The summed E-state index contributed by atoms with van der Waals surface area (Å²) in [5, 5.41) is 7.74. The number of hydrogen-bond donors (Lipinski definition) is 0. The first-order chi connectivity index (χ1) is 28.3. The third-order valence-electron chi connectivity index (χ3n) is 11.6. The van der Waals surface area contributed by atoms with E-state index in [1.165, 1.54) is 112 Å². The Labute approximate surface area is 338 Å². The topological polar surface area (TPSA) is 4.93 Å². The maximum Gasteiger partial charge on any atom is 0.0640 e. The fourth-order valence-electron chi connectivity index (χ4n) is 8.93. The summed E-state index contributed by atoms with van der Waals surface area (Å²) >= 11 is 3.82. The van der Waals surface area contributed by atoms with Gasteiger partial charge in [0.25, 0.3) is 0 Å². The predicted octanol–water partition coefficient (Wildman–Crippen LogP) is 16.2. The first kappa shape index (κ1) is 32.5. The zero-order chi connectivity index (χ0) is 37.5. The van der Waals surface area contributed by atoms with Crippen molar-refractivity contribution in [2.24, 2.45) is 0 Å². The van der Waals surface area contributed by atoms with Crippen molar-refractivity contribution in [1.29, 1.82) is 0 Å². The van der Waals surface area contributed by atoms with Crippen molar-refractivity contribution in [3.8, 4) is 50.2 Å². The molecule has 0 aliphatic rings. The number of thiophene rings is 2. The average Bonchev–Trinajstić information content (AvgIpc) is 3.96. The van der Waals surface area contributed by atoms with Gasteiger partial charge in [0.05, 0.1) is 21.4 Å². The molecule has 0 spiro atoms. The van der Waals surface area contributed by atoms with E-state index in [1.54, 1.807) is 0 Å². The molecular weight excluding hydrogens is 727 g/mol. The van der Waals surface area contributed by atoms with Gasteiger partial charge in [0.15, 0.2) is 0 Å². The molecule has 0 radical (unpaired) electrons. The highest BCUT2D eigenvalue weighted by molar-refractivity contribution is 7.27. The van der Waals surface area contributed by atoms with Crippen LogP contribution in [0.15, 0.2) is 200 Å². The summed E-state index contributed by atoms with van der Waals surface area (Å²) in [5.41, 5.74) is 13.6. The van der Waals surface area contributed by atoms with Gasteiger partial charge in [-0.25, -0.2) is 0 Å². The Balaban J connectivity index is 1.14. The number of hydrogen-bond acceptors (Lipinski definition) is 2. The zero-order valence-electron chi connectivity index (χ0n) is 30.8. The van der Waals surface area contributed by atoms with Gasteiger partial charge in [-0.2, -0.15) is 0 Å². The maximum atomic E-state index is 2.51. The third-order valence-corrected chi connectivity index (χ3v) is 14.1. The first-order valence-electron chi connectivity index (χ1n) is 19.4. The summed E-state index contributed by atoms with van der Waals surface area (Å²) < 4.78 is 7.78. The molecule has 0 fully saturated rings. The van der Waals surface area contributed by atoms with Gasteiger partial charge in [-0.05, 0) is 87.5 Å². The van der Waals surface area contributed by atoms with Crippen molar-refractivity contribution in [2.75, 3.05) is 0 Å². The van der Waals surface area contributed by atoms with E-state index in [0.717, 1.165) is 0 Å². The van der Waals surface area contributed by atoms with E-state index in [0.29, 0.717) is 0 Å². The Morgan fingerprint density at radius 3 is 1.47 bits per heavy atom. The fraction of sp³-hybridized carbons (Fsp3) is 0. The molecule has 3 heterocycles. The van der Waals surface area contributed by atoms with Gasteiger partial charge in [0, 0.05) is 52.0 Å². The lowest BCUT2D eigenvalue weighted by atomic mass is 9.95. The normalized spacial score (nSPS) is 11.9. The SMILES string of the molecule is c1ccc(-c2ccc3c(c2)c2cc(-c4ccccc4)ccc2n3-c2cccc3c2sc2c(-c4ccccc4)cc(-c4cccc5c4sc4ccccc45)cc23)cc1. The Morgan fingerprint density at radius 2 is 0.807 bits per heavy atom. The highest BCUT2D eigenvalue weighted by atomic mass is 32.1. The van der Waals surface area contributed by atoms with E-state index in [2.05, 4.69) is 205 Å². The largest absolute Gasteiger partial charge is 0.308 e. The van der Waals surface area contributed by atoms with E-state index < -0.39 is 0 Å². The molecule has 12 aromatic rings. The monoisotopic (exact) mass is 759 g/mol. The first-order valence-corrected chi connectivity index (χ1v) is 21.0. The molecule has 57 heavy (non-hydrogen) atoms. The summed E-state index contributed by atoms with van der Waals surface area (Å²) in [6, 6.07) is 73.8. The molecule has 0 amide bonds. The van der Waals surface area contributed by atoms with Crippen LogP contribution < -0.4 is 0 Å². The van der Waals surface area contributed by atoms with E-state index in [1.807, 2.05) is 22.7 Å². The molecule has 3 heteroatoms. The second-order valence-electron chi connectivity index (χ2n) is 14.8. The van der Waals surface area contributed by atoms with Crippen molar-refractivity contribution in [3.05, 3.63) is 200 Å². The summed E-state index contributed by atoms with van der Waals surface area (Å²) in [5.74, 6) is 0. The molecule has 3 aromatic heterocycles. The van der Waals surface area contributed by atoms with Crippen LogP contribution in [0, 0.1) is 0 Å².